The lowest BCUT2D eigenvalue weighted by molar-refractivity contribution is -0.167. The van der Waals surface area contributed by atoms with Gasteiger partial charge >= 0.3 is 17.9 Å². The maximum Gasteiger partial charge on any atom is 0.306 e. The number of carbonyl (C=O) groups excluding carboxylic acids is 3. The molecule has 0 fully saturated rings. The fourth-order valence-electron chi connectivity index (χ4n) is 5.66. The first kappa shape index (κ1) is 55.5. The van der Waals surface area contributed by atoms with E-state index < -0.39 is 6.10 Å². The van der Waals surface area contributed by atoms with Crippen LogP contribution >= 0.6 is 0 Å². The SMILES string of the molecule is CC/C=C/C=C/C=C/C=C/C=C/CCCC(=O)OCC(COC(=O)CCCCCCCCC/C=C/C=C/C=C/CC)OC(=O)CCCCCC/C=C/C/C=C/C/C=C/CC. The number of rotatable bonds is 39. The third-order valence-corrected chi connectivity index (χ3v) is 9.07. The van der Waals surface area contributed by atoms with Crippen molar-refractivity contribution in [3.8, 4) is 0 Å². The van der Waals surface area contributed by atoms with Crippen molar-refractivity contribution in [3.63, 3.8) is 0 Å². The maximum atomic E-state index is 12.7. The molecule has 0 bridgehead atoms. The smallest absolute Gasteiger partial charge is 0.306 e. The van der Waals surface area contributed by atoms with Gasteiger partial charge in [-0.05, 0) is 83.5 Å². The normalized spacial score (nSPS) is 13.3. The summed E-state index contributed by atoms with van der Waals surface area (Å²) >= 11 is 0. The molecule has 0 aliphatic rings. The highest BCUT2D eigenvalue weighted by atomic mass is 16.6. The Labute approximate surface area is 366 Å². The molecule has 0 radical (unpaired) electrons. The van der Waals surface area contributed by atoms with E-state index in [1.807, 2.05) is 54.7 Å². The first-order chi connectivity index (χ1) is 29.5. The Morgan fingerprint density at radius 2 is 0.700 bits per heavy atom. The van der Waals surface area contributed by atoms with Crippen molar-refractivity contribution in [1.29, 1.82) is 0 Å². The van der Waals surface area contributed by atoms with Gasteiger partial charge < -0.3 is 14.2 Å². The van der Waals surface area contributed by atoms with Crippen molar-refractivity contribution in [2.45, 2.75) is 175 Å². The number of hydrogen-bond acceptors (Lipinski definition) is 6. The van der Waals surface area contributed by atoms with Crippen LogP contribution in [0.5, 0.6) is 0 Å². The first-order valence-corrected chi connectivity index (χ1v) is 23.3. The van der Waals surface area contributed by atoms with Gasteiger partial charge in [-0.3, -0.25) is 14.4 Å². The summed E-state index contributed by atoms with van der Waals surface area (Å²) in [6.45, 7) is 6.12. The molecule has 60 heavy (non-hydrogen) atoms. The van der Waals surface area contributed by atoms with E-state index in [1.54, 1.807) is 0 Å². The minimum absolute atomic E-state index is 0.122. The van der Waals surface area contributed by atoms with E-state index in [0.717, 1.165) is 103 Å². The lowest BCUT2D eigenvalue weighted by Gasteiger charge is -2.18. The molecule has 0 aromatic heterocycles. The van der Waals surface area contributed by atoms with E-state index in [0.29, 0.717) is 12.8 Å². The fourth-order valence-corrected chi connectivity index (χ4v) is 5.66. The number of carbonyl (C=O) groups is 3. The average molecular weight is 827 g/mol. The summed E-state index contributed by atoms with van der Waals surface area (Å²) in [6.07, 6.45) is 65.8. The number of esters is 3. The number of hydrogen-bond donors (Lipinski definition) is 0. The molecule has 0 saturated carbocycles. The van der Waals surface area contributed by atoms with Gasteiger partial charge in [-0.25, -0.2) is 0 Å². The molecule has 0 amide bonds. The van der Waals surface area contributed by atoms with Crippen molar-refractivity contribution < 1.29 is 28.6 Å². The van der Waals surface area contributed by atoms with E-state index in [2.05, 4.69) is 99.8 Å². The largest absolute Gasteiger partial charge is 0.462 e. The number of allylic oxidation sites excluding steroid dienone is 22. The summed E-state index contributed by atoms with van der Waals surface area (Å²) in [5, 5.41) is 0. The van der Waals surface area contributed by atoms with Gasteiger partial charge in [-0.2, -0.15) is 0 Å². The predicted octanol–water partition coefficient (Wildman–Crippen LogP) is 15.1. The molecule has 0 N–H and O–H groups in total. The van der Waals surface area contributed by atoms with Crippen LogP contribution in [0.4, 0.5) is 0 Å². The van der Waals surface area contributed by atoms with E-state index in [4.69, 9.17) is 14.2 Å². The zero-order valence-corrected chi connectivity index (χ0v) is 37.9. The molecule has 334 valence electrons. The molecule has 1 unspecified atom stereocenters. The fraction of sp³-hybridized carbons (Fsp3) is 0.537. The molecular formula is C54H82O6. The molecule has 0 aliphatic heterocycles. The second-order valence-corrected chi connectivity index (χ2v) is 14.7. The molecule has 0 aromatic carbocycles. The molecule has 0 rings (SSSR count). The summed E-state index contributed by atoms with van der Waals surface area (Å²) in [5.41, 5.74) is 0. The zero-order chi connectivity index (χ0) is 43.7. The second-order valence-electron chi connectivity index (χ2n) is 14.7. The van der Waals surface area contributed by atoms with Gasteiger partial charge in [0.05, 0.1) is 0 Å². The Bertz CT molecular complexity index is 1370. The highest BCUT2D eigenvalue weighted by Gasteiger charge is 2.19. The van der Waals surface area contributed by atoms with E-state index in [1.165, 1.54) is 19.3 Å². The summed E-state index contributed by atoms with van der Waals surface area (Å²) in [5.74, 6) is -1.05. The Morgan fingerprint density at radius 1 is 0.350 bits per heavy atom. The molecule has 0 spiro atoms. The standard InChI is InChI=1S/C54H82O6/c1-4-7-10-13-16-19-22-25-27-30-32-35-38-41-44-47-53(56)59-50-51(49-58-52(55)46-43-40-37-34-31-28-24-21-18-15-12-9-6-3)60-54(57)48-45-42-39-36-33-29-26-23-20-17-14-11-8-5-2/h7-13,15-22,24,26,28-29,31,34,37,51H,4-6,14,23,25,27,30,32-33,35-36,38-50H2,1-3H3/b10-7+,11-8+,12-9+,16-13+,18-15+,20-17+,22-19+,24-21+,29-26+,31-28+,37-34+. The van der Waals surface area contributed by atoms with Crippen molar-refractivity contribution in [1.82, 2.24) is 0 Å². The minimum atomic E-state index is -0.827. The van der Waals surface area contributed by atoms with Crippen LogP contribution in [0.25, 0.3) is 0 Å². The van der Waals surface area contributed by atoms with Crippen LogP contribution in [-0.4, -0.2) is 37.2 Å². The third-order valence-electron chi connectivity index (χ3n) is 9.07. The molecule has 6 heteroatoms. The predicted molar refractivity (Wildman–Crippen MR) is 256 cm³/mol. The van der Waals surface area contributed by atoms with E-state index in [9.17, 15) is 14.4 Å². The maximum absolute atomic E-state index is 12.7. The molecule has 0 aromatic rings. The van der Waals surface area contributed by atoms with Gasteiger partial charge in [0.25, 0.3) is 0 Å². The van der Waals surface area contributed by atoms with Gasteiger partial charge in [-0.15, -0.1) is 0 Å². The van der Waals surface area contributed by atoms with Crippen molar-refractivity contribution >= 4 is 17.9 Å². The van der Waals surface area contributed by atoms with Crippen LogP contribution in [-0.2, 0) is 28.6 Å². The minimum Gasteiger partial charge on any atom is -0.462 e. The Balaban J connectivity index is 4.58. The molecule has 0 saturated heterocycles. The van der Waals surface area contributed by atoms with Gasteiger partial charge in [0.1, 0.15) is 13.2 Å². The summed E-state index contributed by atoms with van der Waals surface area (Å²) in [4.78, 5) is 37.8. The summed E-state index contributed by atoms with van der Waals surface area (Å²) in [6, 6.07) is 0. The lowest BCUT2D eigenvalue weighted by atomic mass is 10.1. The molecule has 1 atom stereocenters. The van der Waals surface area contributed by atoms with Crippen LogP contribution in [0.2, 0.25) is 0 Å². The lowest BCUT2D eigenvalue weighted by Crippen LogP contribution is -2.30. The van der Waals surface area contributed by atoms with E-state index >= 15 is 0 Å². The van der Waals surface area contributed by atoms with Crippen LogP contribution in [0.3, 0.4) is 0 Å². The topological polar surface area (TPSA) is 78.9 Å². The van der Waals surface area contributed by atoms with Crippen molar-refractivity contribution in [2.24, 2.45) is 0 Å². The first-order valence-electron chi connectivity index (χ1n) is 23.3. The quantitative estimate of drug-likeness (QED) is 0.0202. The van der Waals surface area contributed by atoms with Gasteiger partial charge in [0.2, 0.25) is 0 Å². The molecule has 0 heterocycles. The highest BCUT2D eigenvalue weighted by molar-refractivity contribution is 5.71. The van der Waals surface area contributed by atoms with Gasteiger partial charge in [-0.1, -0.05) is 199 Å². The van der Waals surface area contributed by atoms with Crippen LogP contribution in [0, 0.1) is 0 Å². The number of ether oxygens (including phenoxy) is 3. The summed E-state index contributed by atoms with van der Waals surface area (Å²) in [7, 11) is 0. The monoisotopic (exact) mass is 827 g/mol. The zero-order valence-electron chi connectivity index (χ0n) is 37.9. The molecule has 0 aliphatic carbocycles. The van der Waals surface area contributed by atoms with Crippen LogP contribution in [0.15, 0.2) is 134 Å². The Kier molecular flexibility index (Phi) is 43.7. The van der Waals surface area contributed by atoms with Crippen LogP contribution in [0.1, 0.15) is 168 Å². The molecular weight excluding hydrogens is 745 g/mol. The summed E-state index contributed by atoms with van der Waals surface area (Å²) < 4.78 is 16.6. The van der Waals surface area contributed by atoms with Gasteiger partial charge in [0, 0.05) is 19.3 Å². The van der Waals surface area contributed by atoms with Crippen molar-refractivity contribution in [2.75, 3.05) is 13.2 Å². The Hall–Kier alpha value is -4.45. The third kappa shape index (κ3) is 44.6. The highest BCUT2D eigenvalue weighted by Crippen LogP contribution is 2.12. The second kappa shape index (κ2) is 47.2. The van der Waals surface area contributed by atoms with Crippen molar-refractivity contribution in [3.05, 3.63) is 134 Å². The van der Waals surface area contributed by atoms with E-state index in [-0.39, 0.29) is 44.0 Å². The van der Waals surface area contributed by atoms with Gasteiger partial charge in [0.15, 0.2) is 6.10 Å². The Morgan fingerprint density at radius 3 is 1.20 bits per heavy atom. The number of unbranched alkanes of at least 4 members (excludes halogenated alkanes) is 12. The molecule has 6 nitrogen and oxygen atoms in total. The van der Waals surface area contributed by atoms with Crippen LogP contribution < -0.4 is 0 Å². The average Bonchev–Trinajstić information content (AvgIpc) is 3.24.